The van der Waals surface area contributed by atoms with Crippen LogP contribution in [0.5, 0.6) is 0 Å². The van der Waals surface area contributed by atoms with E-state index in [1.54, 1.807) is 0 Å². The second-order valence-electron chi connectivity index (χ2n) is 4.50. The normalized spacial score (nSPS) is 10.7. The molecule has 0 aliphatic rings. The predicted molar refractivity (Wildman–Crippen MR) is 66.5 cm³/mol. The smallest absolute Gasteiger partial charge is 0.222 e. The second kappa shape index (κ2) is 8.98. The van der Waals surface area contributed by atoms with Crippen LogP contribution in [0.25, 0.3) is 0 Å². The first-order valence-electron chi connectivity index (χ1n) is 6.08. The third kappa shape index (κ3) is 8.68. The van der Waals surface area contributed by atoms with Gasteiger partial charge in [0.05, 0.1) is 13.2 Å². The van der Waals surface area contributed by atoms with Crippen molar-refractivity contribution in [2.45, 2.75) is 27.7 Å². The summed E-state index contributed by atoms with van der Waals surface area (Å²) in [5.74, 6) is 0.0593. The van der Waals surface area contributed by atoms with Crippen molar-refractivity contribution < 1.29 is 14.3 Å². The molecule has 0 aromatic rings. The van der Waals surface area contributed by atoms with Crippen molar-refractivity contribution >= 4 is 11.8 Å². The van der Waals surface area contributed by atoms with Gasteiger partial charge in [-0.3, -0.25) is 9.59 Å². The van der Waals surface area contributed by atoms with Crippen LogP contribution in [0.2, 0.25) is 0 Å². The Kier molecular flexibility index (Phi) is 8.40. The molecule has 2 amide bonds. The van der Waals surface area contributed by atoms with E-state index in [1.807, 2.05) is 27.7 Å². The maximum Gasteiger partial charge on any atom is 0.222 e. The largest absolute Gasteiger partial charge is 0.378 e. The molecule has 0 rings (SSSR count). The molecule has 0 unspecified atom stereocenters. The van der Waals surface area contributed by atoms with Crippen LogP contribution in [0.1, 0.15) is 27.7 Å². The molecule has 2 N–H and O–H groups in total. The molecule has 0 heterocycles. The number of nitrogens with one attached hydrogen (secondary N) is 2. The predicted octanol–water partition coefficient (Wildman–Crippen LogP) is 0.547. The van der Waals surface area contributed by atoms with Crippen LogP contribution in [-0.4, -0.2) is 38.1 Å². The van der Waals surface area contributed by atoms with Gasteiger partial charge in [0.25, 0.3) is 0 Å². The highest BCUT2D eigenvalue weighted by Crippen LogP contribution is 1.90. The SMILES string of the molecule is CC(C)C(=O)NCCOCCNC(=O)C(C)C. The molecule has 17 heavy (non-hydrogen) atoms. The molecule has 5 nitrogen and oxygen atoms in total. The monoisotopic (exact) mass is 244 g/mol. The fraction of sp³-hybridized carbons (Fsp3) is 0.833. The maximum atomic E-state index is 11.2. The number of carbonyl (C=O) groups excluding carboxylic acids is 2. The van der Waals surface area contributed by atoms with E-state index in [-0.39, 0.29) is 23.7 Å². The average Bonchev–Trinajstić information content (AvgIpc) is 2.26. The van der Waals surface area contributed by atoms with E-state index in [0.717, 1.165) is 0 Å². The van der Waals surface area contributed by atoms with Gasteiger partial charge in [-0.1, -0.05) is 27.7 Å². The van der Waals surface area contributed by atoms with Gasteiger partial charge in [0.2, 0.25) is 11.8 Å². The first-order chi connectivity index (χ1) is 7.95. The van der Waals surface area contributed by atoms with Crippen LogP contribution in [0.15, 0.2) is 0 Å². The van der Waals surface area contributed by atoms with Gasteiger partial charge in [-0.25, -0.2) is 0 Å². The van der Waals surface area contributed by atoms with Crippen LogP contribution in [0, 0.1) is 11.8 Å². The van der Waals surface area contributed by atoms with E-state index in [9.17, 15) is 9.59 Å². The molecule has 0 aliphatic carbocycles. The van der Waals surface area contributed by atoms with Gasteiger partial charge in [0.15, 0.2) is 0 Å². The van der Waals surface area contributed by atoms with E-state index in [2.05, 4.69) is 10.6 Å². The van der Waals surface area contributed by atoms with Crippen LogP contribution < -0.4 is 10.6 Å². The van der Waals surface area contributed by atoms with E-state index >= 15 is 0 Å². The fourth-order valence-corrected chi connectivity index (χ4v) is 1.00. The Labute approximate surface area is 103 Å². The quantitative estimate of drug-likeness (QED) is 0.613. The van der Waals surface area contributed by atoms with Crippen LogP contribution in [0.4, 0.5) is 0 Å². The third-order valence-electron chi connectivity index (χ3n) is 2.14. The Morgan fingerprint density at radius 2 is 1.24 bits per heavy atom. The Balaban J connectivity index is 3.30. The molecule has 5 heteroatoms. The summed E-state index contributed by atoms with van der Waals surface area (Å²) in [7, 11) is 0. The van der Waals surface area contributed by atoms with Crippen molar-refractivity contribution in [2.24, 2.45) is 11.8 Å². The van der Waals surface area contributed by atoms with Crippen molar-refractivity contribution in [3.05, 3.63) is 0 Å². The van der Waals surface area contributed by atoms with E-state index in [4.69, 9.17) is 4.74 Å². The Bertz CT molecular complexity index is 216. The molecule has 100 valence electrons. The summed E-state index contributed by atoms with van der Waals surface area (Å²) in [4.78, 5) is 22.3. The van der Waals surface area contributed by atoms with Gasteiger partial charge in [-0.05, 0) is 0 Å². The molecular formula is C12H24N2O3. The topological polar surface area (TPSA) is 67.4 Å². The number of carbonyl (C=O) groups is 2. The molecule has 0 aliphatic heterocycles. The molecule has 0 fully saturated rings. The fourth-order valence-electron chi connectivity index (χ4n) is 1.00. The van der Waals surface area contributed by atoms with Crippen molar-refractivity contribution in [1.29, 1.82) is 0 Å². The summed E-state index contributed by atoms with van der Waals surface area (Å²) < 4.78 is 5.26. The summed E-state index contributed by atoms with van der Waals surface area (Å²) >= 11 is 0. The zero-order valence-electron chi connectivity index (χ0n) is 11.2. The molecule has 0 saturated carbocycles. The lowest BCUT2D eigenvalue weighted by Gasteiger charge is -2.09. The number of amides is 2. The van der Waals surface area contributed by atoms with Crippen molar-refractivity contribution in [3.63, 3.8) is 0 Å². The first-order valence-corrected chi connectivity index (χ1v) is 6.08. The highest BCUT2D eigenvalue weighted by molar-refractivity contribution is 5.78. The molecule has 0 atom stereocenters. The third-order valence-corrected chi connectivity index (χ3v) is 2.14. The lowest BCUT2D eigenvalue weighted by Crippen LogP contribution is -2.33. The number of hydrogen-bond donors (Lipinski definition) is 2. The standard InChI is InChI=1S/C12H24N2O3/c1-9(2)11(15)13-5-7-17-8-6-14-12(16)10(3)4/h9-10H,5-8H2,1-4H3,(H,13,15)(H,14,16). The summed E-state index contributed by atoms with van der Waals surface area (Å²) in [6.45, 7) is 9.33. The number of hydrogen-bond acceptors (Lipinski definition) is 3. The Hall–Kier alpha value is -1.10. The summed E-state index contributed by atoms with van der Waals surface area (Å²) in [6, 6.07) is 0. The van der Waals surface area contributed by atoms with Gasteiger partial charge < -0.3 is 15.4 Å². The minimum absolute atomic E-state index is 0.000306. The average molecular weight is 244 g/mol. The van der Waals surface area contributed by atoms with Crippen LogP contribution in [-0.2, 0) is 14.3 Å². The van der Waals surface area contributed by atoms with Crippen LogP contribution >= 0.6 is 0 Å². The highest BCUT2D eigenvalue weighted by atomic mass is 16.5. The minimum atomic E-state index is 0.000306. The van der Waals surface area contributed by atoms with E-state index in [1.165, 1.54) is 0 Å². The molecule has 0 saturated heterocycles. The summed E-state index contributed by atoms with van der Waals surface area (Å²) in [5, 5.41) is 5.50. The molecule has 0 spiro atoms. The lowest BCUT2D eigenvalue weighted by molar-refractivity contribution is -0.124. The van der Waals surface area contributed by atoms with Crippen molar-refractivity contribution in [3.8, 4) is 0 Å². The second-order valence-corrected chi connectivity index (χ2v) is 4.50. The lowest BCUT2D eigenvalue weighted by atomic mass is 10.2. The molecule has 0 aromatic carbocycles. The van der Waals surface area contributed by atoms with E-state index in [0.29, 0.717) is 26.3 Å². The first kappa shape index (κ1) is 15.9. The molecular weight excluding hydrogens is 220 g/mol. The van der Waals surface area contributed by atoms with Gasteiger partial charge >= 0.3 is 0 Å². The van der Waals surface area contributed by atoms with Crippen LogP contribution in [0.3, 0.4) is 0 Å². The highest BCUT2D eigenvalue weighted by Gasteiger charge is 2.06. The van der Waals surface area contributed by atoms with E-state index < -0.39 is 0 Å². The maximum absolute atomic E-state index is 11.2. The van der Waals surface area contributed by atoms with Gasteiger partial charge in [-0.15, -0.1) is 0 Å². The number of ether oxygens (including phenoxy) is 1. The minimum Gasteiger partial charge on any atom is -0.378 e. The van der Waals surface area contributed by atoms with Crippen molar-refractivity contribution in [2.75, 3.05) is 26.3 Å². The van der Waals surface area contributed by atoms with Gasteiger partial charge in [0, 0.05) is 24.9 Å². The summed E-state index contributed by atoms with van der Waals surface area (Å²) in [5.41, 5.74) is 0. The Morgan fingerprint density at radius 3 is 1.53 bits per heavy atom. The van der Waals surface area contributed by atoms with Crippen molar-refractivity contribution in [1.82, 2.24) is 10.6 Å². The van der Waals surface area contributed by atoms with Gasteiger partial charge in [-0.2, -0.15) is 0 Å². The number of rotatable bonds is 8. The Morgan fingerprint density at radius 1 is 0.882 bits per heavy atom. The molecule has 0 radical (unpaired) electrons. The molecule has 0 bridgehead atoms. The summed E-state index contributed by atoms with van der Waals surface area (Å²) in [6.07, 6.45) is 0. The molecule has 0 aromatic heterocycles. The zero-order valence-corrected chi connectivity index (χ0v) is 11.2. The zero-order chi connectivity index (χ0) is 13.3. The van der Waals surface area contributed by atoms with Gasteiger partial charge in [0.1, 0.15) is 0 Å².